The molecule has 156 valence electrons. The number of H-pyrrole nitrogens is 1. The van der Waals surface area contributed by atoms with Crippen LogP contribution in [0.4, 0.5) is 0 Å². The number of ether oxygens (including phenoxy) is 1. The van der Waals surface area contributed by atoms with Crippen LogP contribution in [0.25, 0.3) is 0 Å². The number of aryl methyl sites for hydroxylation is 3. The van der Waals surface area contributed by atoms with Gasteiger partial charge >= 0.3 is 0 Å². The summed E-state index contributed by atoms with van der Waals surface area (Å²) in [5.41, 5.74) is 5.11. The topological polar surface area (TPSA) is 74.3 Å². The third-order valence-electron chi connectivity index (χ3n) is 6.32. The number of hydrogen-bond acceptors (Lipinski definition) is 5. The fourth-order valence-electron chi connectivity index (χ4n) is 4.46. The second kappa shape index (κ2) is 8.24. The average molecular weight is 398 g/mol. The number of pyridine rings is 1. The minimum absolute atomic E-state index is 0.181. The average Bonchev–Trinajstić information content (AvgIpc) is 2.92. The molecular formula is C22H31N5O2. The molecule has 0 atom stereocenters. The van der Waals surface area contributed by atoms with E-state index in [0.717, 1.165) is 55.3 Å². The summed E-state index contributed by atoms with van der Waals surface area (Å²) < 4.78 is 6.30. The van der Waals surface area contributed by atoms with Gasteiger partial charge in [0.05, 0.1) is 36.6 Å². The van der Waals surface area contributed by atoms with Gasteiger partial charge in [-0.1, -0.05) is 6.07 Å². The highest BCUT2D eigenvalue weighted by Gasteiger charge is 2.40. The van der Waals surface area contributed by atoms with E-state index in [1.54, 1.807) is 0 Å². The SMILES string of the molecule is Cc1cccc(CN2CCOC3(CCN(Cc4c(C)n[nH]c4C)CC3)CC2=O)n1. The molecule has 2 fully saturated rings. The molecule has 4 rings (SSSR count). The first kappa shape index (κ1) is 20.0. The molecule has 7 nitrogen and oxygen atoms in total. The summed E-state index contributed by atoms with van der Waals surface area (Å²) in [5.74, 6) is 0.181. The van der Waals surface area contributed by atoms with Gasteiger partial charge in [-0.2, -0.15) is 5.10 Å². The first-order valence-electron chi connectivity index (χ1n) is 10.5. The number of nitrogens with zero attached hydrogens (tertiary/aromatic N) is 4. The number of nitrogens with one attached hydrogen (secondary N) is 1. The molecule has 0 aliphatic carbocycles. The molecule has 0 unspecified atom stereocenters. The van der Waals surface area contributed by atoms with Gasteiger partial charge in [-0.15, -0.1) is 0 Å². The van der Waals surface area contributed by atoms with Crippen LogP contribution < -0.4 is 0 Å². The van der Waals surface area contributed by atoms with E-state index in [2.05, 4.69) is 33.9 Å². The lowest BCUT2D eigenvalue weighted by molar-refractivity contribution is -0.136. The van der Waals surface area contributed by atoms with Crippen molar-refractivity contribution in [1.82, 2.24) is 25.0 Å². The Morgan fingerprint density at radius 2 is 1.93 bits per heavy atom. The van der Waals surface area contributed by atoms with Crippen molar-refractivity contribution in [2.45, 2.75) is 58.7 Å². The minimum Gasteiger partial charge on any atom is -0.373 e. The summed E-state index contributed by atoms with van der Waals surface area (Å²) in [7, 11) is 0. The lowest BCUT2D eigenvalue weighted by Gasteiger charge is -2.40. The molecule has 0 saturated carbocycles. The Bertz CT molecular complexity index is 850. The Balaban J connectivity index is 1.36. The standard InChI is InChI=1S/C22H31N5O2/c1-16-5-4-6-19(23-16)14-27-11-12-29-22(13-21(27)28)7-9-26(10-8-22)15-20-17(2)24-25-18(20)3/h4-6H,7-15H2,1-3H3,(H,24,25). The predicted octanol–water partition coefficient (Wildman–Crippen LogP) is 2.51. The van der Waals surface area contributed by atoms with Crippen LogP contribution in [-0.4, -0.2) is 62.7 Å². The van der Waals surface area contributed by atoms with Crippen LogP contribution in [0.5, 0.6) is 0 Å². The molecule has 2 aromatic heterocycles. The van der Waals surface area contributed by atoms with Crippen LogP contribution in [0, 0.1) is 20.8 Å². The molecule has 0 bridgehead atoms. The number of aromatic amines is 1. The largest absolute Gasteiger partial charge is 0.373 e. The van der Waals surface area contributed by atoms with Crippen LogP contribution in [0.1, 0.15) is 47.6 Å². The maximum atomic E-state index is 13.0. The van der Waals surface area contributed by atoms with Gasteiger partial charge in [0.2, 0.25) is 5.91 Å². The molecule has 4 heterocycles. The first-order chi connectivity index (χ1) is 13.9. The number of hydrogen-bond donors (Lipinski definition) is 1. The fraction of sp³-hybridized carbons (Fsp3) is 0.591. The van der Waals surface area contributed by atoms with E-state index in [1.165, 1.54) is 5.56 Å². The second-order valence-electron chi connectivity index (χ2n) is 8.48. The summed E-state index contributed by atoms with van der Waals surface area (Å²) in [6.07, 6.45) is 2.26. The number of aromatic nitrogens is 3. The Labute approximate surface area is 172 Å². The summed E-state index contributed by atoms with van der Waals surface area (Å²) in [4.78, 5) is 21.9. The zero-order chi connectivity index (χ0) is 20.4. The van der Waals surface area contributed by atoms with Crippen molar-refractivity contribution in [3.63, 3.8) is 0 Å². The molecule has 1 N–H and O–H groups in total. The molecule has 2 aliphatic heterocycles. The monoisotopic (exact) mass is 397 g/mol. The summed E-state index contributed by atoms with van der Waals surface area (Å²) in [6.45, 7) is 10.7. The van der Waals surface area contributed by atoms with E-state index < -0.39 is 0 Å². The number of likely N-dealkylation sites (tertiary alicyclic amines) is 1. The van der Waals surface area contributed by atoms with Crippen LogP contribution in [0.2, 0.25) is 0 Å². The highest BCUT2D eigenvalue weighted by atomic mass is 16.5. The number of rotatable bonds is 4. The lowest BCUT2D eigenvalue weighted by Crippen LogP contribution is -2.47. The smallest absolute Gasteiger partial charge is 0.225 e. The van der Waals surface area contributed by atoms with Gasteiger partial charge in [-0.25, -0.2) is 0 Å². The summed E-state index contributed by atoms with van der Waals surface area (Å²) in [5, 5.41) is 7.37. The number of piperidine rings is 1. The highest BCUT2D eigenvalue weighted by molar-refractivity contribution is 5.77. The van der Waals surface area contributed by atoms with E-state index in [-0.39, 0.29) is 11.5 Å². The predicted molar refractivity (Wildman–Crippen MR) is 110 cm³/mol. The van der Waals surface area contributed by atoms with Crippen molar-refractivity contribution in [3.05, 3.63) is 46.5 Å². The van der Waals surface area contributed by atoms with E-state index >= 15 is 0 Å². The molecule has 1 spiro atoms. The second-order valence-corrected chi connectivity index (χ2v) is 8.48. The third kappa shape index (κ3) is 4.51. The number of carbonyl (C=O) groups is 1. The first-order valence-corrected chi connectivity index (χ1v) is 10.5. The number of carbonyl (C=O) groups excluding carboxylic acids is 1. The van der Waals surface area contributed by atoms with Crippen molar-refractivity contribution < 1.29 is 9.53 Å². The van der Waals surface area contributed by atoms with E-state index in [1.807, 2.05) is 30.0 Å². The van der Waals surface area contributed by atoms with Gasteiger partial charge in [-0.05, 0) is 45.7 Å². The van der Waals surface area contributed by atoms with Gasteiger partial charge in [0.25, 0.3) is 0 Å². The van der Waals surface area contributed by atoms with Crippen LogP contribution in [-0.2, 0) is 22.6 Å². The highest BCUT2D eigenvalue weighted by Crippen LogP contribution is 2.33. The quantitative estimate of drug-likeness (QED) is 0.858. The molecule has 29 heavy (non-hydrogen) atoms. The van der Waals surface area contributed by atoms with Gasteiger partial charge < -0.3 is 9.64 Å². The van der Waals surface area contributed by atoms with Crippen molar-refractivity contribution >= 4 is 5.91 Å². The zero-order valence-electron chi connectivity index (χ0n) is 17.7. The summed E-state index contributed by atoms with van der Waals surface area (Å²) in [6, 6.07) is 5.96. The van der Waals surface area contributed by atoms with Gasteiger partial charge in [0.15, 0.2) is 0 Å². The molecule has 2 aliphatic rings. The Hall–Kier alpha value is -2.25. The Kier molecular flexibility index (Phi) is 5.69. The minimum atomic E-state index is -0.317. The molecular weight excluding hydrogens is 366 g/mol. The van der Waals surface area contributed by atoms with Crippen molar-refractivity contribution in [1.29, 1.82) is 0 Å². The van der Waals surface area contributed by atoms with E-state index in [9.17, 15) is 4.79 Å². The van der Waals surface area contributed by atoms with Crippen LogP contribution in [0.15, 0.2) is 18.2 Å². The molecule has 7 heteroatoms. The van der Waals surface area contributed by atoms with E-state index in [0.29, 0.717) is 26.1 Å². The third-order valence-corrected chi connectivity index (χ3v) is 6.32. The normalized spacial score (nSPS) is 20.2. The molecule has 0 aromatic carbocycles. The van der Waals surface area contributed by atoms with Crippen molar-refractivity contribution in [3.8, 4) is 0 Å². The van der Waals surface area contributed by atoms with Crippen molar-refractivity contribution in [2.75, 3.05) is 26.2 Å². The molecule has 1 amide bonds. The van der Waals surface area contributed by atoms with Crippen LogP contribution in [0.3, 0.4) is 0 Å². The van der Waals surface area contributed by atoms with Gasteiger partial charge in [-0.3, -0.25) is 19.8 Å². The van der Waals surface area contributed by atoms with Crippen molar-refractivity contribution in [2.24, 2.45) is 0 Å². The molecule has 0 radical (unpaired) electrons. The maximum Gasteiger partial charge on any atom is 0.225 e. The van der Waals surface area contributed by atoms with Gasteiger partial charge in [0.1, 0.15) is 0 Å². The lowest BCUT2D eigenvalue weighted by atomic mass is 9.87. The number of amides is 1. The summed E-state index contributed by atoms with van der Waals surface area (Å²) >= 11 is 0. The molecule has 2 aromatic rings. The fourth-order valence-corrected chi connectivity index (χ4v) is 4.46. The van der Waals surface area contributed by atoms with Gasteiger partial charge in [0, 0.05) is 43.1 Å². The van der Waals surface area contributed by atoms with Crippen LogP contribution >= 0.6 is 0 Å². The maximum absolute atomic E-state index is 13.0. The molecule has 2 saturated heterocycles. The zero-order valence-corrected chi connectivity index (χ0v) is 17.7. The Morgan fingerprint density at radius 1 is 1.14 bits per heavy atom. The van der Waals surface area contributed by atoms with E-state index in [4.69, 9.17) is 4.74 Å². The Morgan fingerprint density at radius 3 is 2.62 bits per heavy atom.